The van der Waals surface area contributed by atoms with Crippen molar-refractivity contribution < 1.29 is 22.5 Å². The number of rotatable bonds is 0. The SMILES string of the molecule is [CH-]=CC.[Fe+3].[O-2]. The van der Waals surface area contributed by atoms with Crippen molar-refractivity contribution in [3.8, 4) is 0 Å². The fourth-order valence-electron chi connectivity index (χ4n) is 0. The zero-order chi connectivity index (χ0) is 2.71. The normalized spacial score (nSPS) is 2.60. The minimum atomic E-state index is 0. The van der Waals surface area contributed by atoms with Crippen LogP contribution in [-0.4, -0.2) is 0 Å². The number of hydrogen-bond acceptors (Lipinski definition) is 0. The monoisotopic (exact) mass is 113 g/mol. The third-order valence-corrected chi connectivity index (χ3v) is 0. The predicted octanol–water partition coefficient (Wildman–Crippen LogP) is 0.874. The van der Waals surface area contributed by atoms with E-state index in [9.17, 15) is 0 Å². The van der Waals surface area contributed by atoms with Gasteiger partial charge in [-0.2, -0.15) is 0 Å². The molecule has 0 aliphatic heterocycles. The quantitative estimate of drug-likeness (QED) is 0.329. The van der Waals surface area contributed by atoms with Crippen LogP contribution in [0.3, 0.4) is 0 Å². The second-order valence-electron chi connectivity index (χ2n) is 0.333. The molecule has 0 unspecified atom stereocenters. The van der Waals surface area contributed by atoms with Crippen LogP contribution in [0, 0.1) is 6.58 Å². The number of hydrogen-bond donors (Lipinski definition) is 0. The van der Waals surface area contributed by atoms with Crippen LogP contribution >= 0.6 is 0 Å². The molecular weight excluding hydrogens is 108 g/mol. The smallest absolute Gasteiger partial charge is 2.00 e. The molecule has 0 aromatic rings. The van der Waals surface area contributed by atoms with E-state index in [4.69, 9.17) is 6.58 Å². The topological polar surface area (TPSA) is 28.5 Å². The Balaban J connectivity index is -0.0000000200. The fraction of sp³-hybridized carbons (Fsp3) is 0.333. The maximum Gasteiger partial charge on any atom is 3.00 e. The molecule has 2 heteroatoms. The first-order valence-electron chi connectivity index (χ1n) is 0.911. The summed E-state index contributed by atoms with van der Waals surface area (Å²) in [5, 5.41) is 0. The van der Waals surface area contributed by atoms with Gasteiger partial charge >= 0.3 is 17.1 Å². The van der Waals surface area contributed by atoms with Crippen molar-refractivity contribution in [1.29, 1.82) is 0 Å². The molecule has 0 amide bonds. The van der Waals surface area contributed by atoms with E-state index in [1.807, 2.05) is 0 Å². The Morgan fingerprint density at radius 1 is 1.60 bits per heavy atom. The molecule has 0 saturated heterocycles. The summed E-state index contributed by atoms with van der Waals surface area (Å²) in [5.74, 6) is 0. The molecule has 5 heavy (non-hydrogen) atoms. The van der Waals surface area contributed by atoms with Crippen molar-refractivity contribution in [1.82, 2.24) is 0 Å². The van der Waals surface area contributed by atoms with Gasteiger partial charge in [0.2, 0.25) is 0 Å². The van der Waals surface area contributed by atoms with Crippen molar-refractivity contribution in [2.75, 3.05) is 0 Å². The molecule has 1 nitrogen and oxygen atoms in total. The van der Waals surface area contributed by atoms with Crippen molar-refractivity contribution in [3.05, 3.63) is 12.7 Å². The standard InChI is InChI=1S/C3H5.Fe.O/c1-3-2;;/h1,3H,2H3;;/q-1;+3;-2. The zero-order valence-corrected chi connectivity index (χ0v) is 4.02. The van der Waals surface area contributed by atoms with E-state index in [2.05, 4.69) is 0 Å². The Morgan fingerprint density at radius 2 is 1.60 bits per heavy atom. The Labute approximate surface area is 42.9 Å². The first kappa shape index (κ1) is 18.9. The van der Waals surface area contributed by atoms with Crippen LogP contribution < -0.4 is 0 Å². The van der Waals surface area contributed by atoms with Gasteiger partial charge in [0.25, 0.3) is 0 Å². The van der Waals surface area contributed by atoms with Gasteiger partial charge in [0.15, 0.2) is 0 Å². The van der Waals surface area contributed by atoms with E-state index in [-0.39, 0.29) is 22.5 Å². The molecule has 0 bridgehead atoms. The summed E-state index contributed by atoms with van der Waals surface area (Å²) in [6.07, 6.45) is 1.50. The molecule has 0 heterocycles. The van der Waals surface area contributed by atoms with Gasteiger partial charge in [0.05, 0.1) is 0 Å². The zero-order valence-electron chi connectivity index (χ0n) is 2.92. The molecule has 0 atom stereocenters. The van der Waals surface area contributed by atoms with Crippen molar-refractivity contribution in [2.45, 2.75) is 6.92 Å². The van der Waals surface area contributed by atoms with E-state index >= 15 is 0 Å². The molecule has 0 aliphatic rings. The van der Waals surface area contributed by atoms with Crippen LogP contribution in [0.4, 0.5) is 0 Å². The third kappa shape index (κ3) is 431. The molecule has 0 rings (SSSR count). The fourth-order valence-corrected chi connectivity index (χ4v) is 0. The Kier molecular flexibility index (Phi) is 111. The van der Waals surface area contributed by atoms with Crippen LogP contribution in [0.5, 0.6) is 0 Å². The summed E-state index contributed by atoms with van der Waals surface area (Å²) >= 11 is 0. The van der Waals surface area contributed by atoms with Gasteiger partial charge in [0, 0.05) is 0 Å². The van der Waals surface area contributed by atoms with Crippen molar-refractivity contribution in [3.63, 3.8) is 0 Å². The average molecular weight is 113 g/mol. The first-order valence-corrected chi connectivity index (χ1v) is 0.911. The van der Waals surface area contributed by atoms with Crippen LogP contribution in [0.25, 0.3) is 0 Å². The summed E-state index contributed by atoms with van der Waals surface area (Å²) in [4.78, 5) is 0. The molecule has 0 N–H and O–H groups in total. The predicted molar refractivity (Wildman–Crippen MR) is 15.2 cm³/mol. The van der Waals surface area contributed by atoms with Crippen LogP contribution in [0.1, 0.15) is 6.92 Å². The van der Waals surface area contributed by atoms with Crippen molar-refractivity contribution >= 4 is 0 Å². The van der Waals surface area contributed by atoms with Crippen molar-refractivity contribution in [2.24, 2.45) is 0 Å². The van der Waals surface area contributed by atoms with Crippen LogP contribution in [0.2, 0.25) is 0 Å². The van der Waals surface area contributed by atoms with Gasteiger partial charge in [-0.1, -0.05) is 6.92 Å². The largest absolute Gasteiger partial charge is 3.00 e. The van der Waals surface area contributed by atoms with Crippen LogP contribution in [0.15, 0.2) is 6.08 Å². The average Bonchev–Trinajstić information content (AvgIpc) is 0.918. The molecular formula is C3H5FeO. The molecule has 0 fully saturated rings. The molecule has 0 aromatic heterocycles. The summed E-state index contributed by atoms with van der Waals surface area (Å²) in [6, 6.07) is 0. The molecule has 1 radical (unpaired) electrons. The summed E-state index contributed by atoms with van der Waals surface area (Å²) < 4.78 is 0. The van der Waals surface area contributed by atoms with E-state index < -0.39 is 0 Å². The minimum absolute atomic E-state index is 0. The summed E-state index contributed by atoms with van der Waals surface area (Å²) in [6.45, 7) is 6.50. The van der Waals surface area contributed by atoms with E-state index in [0.717, 1.165) is 0 Å². The van der Waals surface area contributed by atoms with Gasteiger partial charge in [-0.3, -0.25) is 6.08 Å². The van der Waals surface area contributed by atoms with Gasteiger partial charge < -0.3 is 12.1 Å². The Hall–Kier alpha value is 0.219. The molecule has 31 valence electrons. The molecule has 0 aliphatic carbocycles. The van der Waals surface area contributed by atoms with Gasteiger partial charge in [-0.25, -0.2) is 0 Å². The molecule has 0 aromatic carbocycles. The van der Waals surface area contributed by atoms with Gasteiger partial charge in [0.1, 0.15) is 0 Å². The van der Waals surface area contributed by atoms with E-state index in [1.165, 1.54) is 6.08 Å². The van der Waals surface area contributed by atoms with E-state index in [0.29, 0.717) is 0 Å². The maximum atomic E-state index is 4.72. The maximum absolute atomic E-state index is 4.72. The Bertz CT molecular complexity index is 14.4. The second kappa shape index (κ2) is 29.4. The van der Waals surface area contributed by atoms with Gasteiger partial charge in [-0.15, -0.1) is 0 Å². The van der Waals surface area contributed by atoms with E-state index in [1.54, 1.807) is 6.92 Å². The van der Waals surface area contributed by atoms with Crippen LogP contribution in [-0.2, 0) is 22.5 Å². The van der Waals surface area contributed by atoms with Gasteiger partial charge in [-0.05, 0) is 0 Å². The number of allylic oxidation sites excluding steroid dienone is 1. The first-order chi connectivity index (χ1) is 1.41. The second-order valence-corrected chi connectivity index (χ2v) is 0.333. The molecule has 0 saturated carbocycles. The minimum Gasteiger partial charge on any atom is -2.00 e. The summed E-state index contributed by atoms with van der Waals surface area (Å²) in [5.41, 5.74) is 0. The molecule has 0 spiro atoms. The Morgan fingerprint density at radius 3 is 1.60 bits per heavy atom. The third-order valence-electron chi connectivity index (χ3n) is 0. The summed E-state index contributed by atoms with van der Waals surface area (Å²) in [7, 11) is 0.